The molecule has 0 bridgehead atoms. The number of hydrogen-bond acceptors (Lipinski definition) is 3. The highest BCUT2D eigenvalue weighted by Crippen LogP contribution is 2.21. The van der Waals surface area contributed by atoms with Crippen LogP contribution >= 0.6 is 0 Å². The van der Waals surface area contributed by atoms with E-state index in [0.29, 0.717) is 4.90 Å². The Labute approximate surface area is 109 Å². The fraction of sp³-hybridized carbons (Fsp3) is 0.818. The van der Waals surface area contributed by atoms with Crippen LogP contribution in [0.4, 0.5) is 13.2 Å². The number of halogens is 3. The van der Waals surface area contributed by atoms with Crippen molar-refractivity contribution in [2.75, 3.05) is 13.1 Å². The van der Waals surface area contributed by atoms with Gasteiger partial charge in [-0.2, -0.15) is 13.2 Å². The van der Waals surface area contributed by atoms with E-state index in [1.807, 2.05) is 0 Å². The van der Waals surface area contributed by atoms with Crippen molar-refractivity contribution in [2.24, 2.45) is 11.7 Å². The summed E-state index contributed by atoms with van der Waals surface area (Å²) in [5, 5.41) is 2.45. The summed E-state index contributed by atoms with van der Waals surface area (Å²) in [7, 11) is 0. The van der Waals surface area contributed by atoms with Crippen LogP contribution < -0.4 is 11.1 Å². The molecule has 110 valence electrons. The second-order valence-corrected chi connectivity index (χ2v) is 4.87. The number of nitrogens with zero attached hydrogens (tertiary/aromatic N) is 1. The molecular formula is C11H18F3N3O2. The highest BCUT2D eigenvalue weighted by molar-refractivity contribution is 5.90. The molecule has 0 aromatic rings. The second-order valence-electron chi connectivity index (χ2n) is 4.87. The third kappa shape index (κ3) is 4.38. The molecule has 8 heteroatoms. The monoisotopic (exact) mass is 281 g/mol. The standard InChI is InChI=1S/C11H18F3N3O2/c1-6(7(2)15)9(18)16-8-3-4-17(10(8)19)5-11(12,13)14/h6-8H,3-5,15H2,1-2H3,(H,16,18). The second kappa shape index (κ2) is 5.77. The molecule has 0 spiro atoms. The topological polar surface area (TPSA) is 75.4 Å². The number of hydrogen-bond donors (Lipinski definition) is 2. The van der Waals surface area contributed by atoms with E-state index < -0.39 is 36.5 Å². The number of nitrogens with one attached hydrogen (secondary N) is 1. The van der Waals surface area contributed by atoms with Gasteiger partial charge >= 0.3 is 6.18 Å². The summed E-state index contributed by atoms with van der Waals surface area (Å²) >= 11 is 0. The largest absolute Gasteiger partial charge is 0.406 e. The van der Waals surface area contributed by atoms with Crippen LogP contribution in [0.2, 0.25) is 0 Å². The van der Waals surface area contributed by atoms with Crippen LogP contribution in [0.3, 0.4) is 0 Å². The lowest BCUT2D eigenvalue weighted by Crippen LogP contribution is -2.47. The Kier molecular flexibility index (Phi) is 4.78. The number of rotatable bonds is 4. The Balaban J connectivity index is 2.55. The maximum atomic E-state index is 12.2. The van der Waals surface area contributed by atoms with Crippen LogP contribution in [0.1, 0.15) is 20.3 Å². The molecule has 3 unspecified atom stereocenters. The minimum absolute atomic E-state index is 0.00412. The summed E-state index contributed by atoms with van der Waals surface area (Å²) in [6.45, 7) is 1.97. The molecule has 0 aliphatic carbocycles. The third-order valence-electron chi connectivity index (χ3n) is 3.19. The van der Waals surface area contributed by atoms with Gasteiger partial charge in [0.1, 0.15) is 12.6 Å². The zero-order valence-electron chi connectivity index (χ0n) is 10.8. The van der Waals surface area contributed by atoms with Gasteiger partial charge in [-0.15, -0.1) is 0 Å². The van der Waals surface area contributed by atoms with Crippen LogP contribution in [0.5, 0.6) is 0 Å². The number of carbonyl (C=O) groups excluding carboxylic acids is 2. The summed E-state index contributed by atoms with van der Waals surface area (Å²) in [4.78, 5) is 24.1. The molecular weight excluding hydrogens is 263 g/mol. The minimum atomic E-state index is -4.42. The molecule has 1 aliphatic heterocycles. The zero-order chi connectivity index (χ0) is 14.8. The number of nitrogens with two attached hydrogens (primary N) is 1. The molecule has 0 radical (unpaired) electrons. The molecule has 1 saturated heterocycles. The van der Waals surface area contributed by atoms with Crippen molar-refractivity contribution in [1.29, 1.82) is 0 Å². The molecule has 1 heterocycles. The summed E-state index contributed by atoms with van der Waals surface area (Å²) in [6, 6.07) is -1.26. The molecule has 1 fully saturated rings. The molecule has 0 aromatic carbocycles. The third-order valence-corrected chi connectivity index (χ3v) is 3.19. The first-order valence-electron chi connectivity index (χ1n) is 6.03. The van der Waals surface area contributed by atoms with Crippen molar-refractivity contribution >= 4 is 11.8 Å². The van der Waals surface area contributed by atoms with Gasteiger partial charge in [0.25, 0.3) is 0 Å². The number of amides is 2. The van der Waals surface area contributed by atoms with Gasteiger partial charge in [0.15, 0.2) is 0 Å². The van der Waals surface area contributed by atoms with Gasteiger partial charge in [0.2, 0.25) is 11.8 Å². The first-order valence-corrected chi connectivity index (χ1v) is 6.03. The van der Waals surface area contributed by atoms with E-state index in [9.17, 15) is 22.8 Å². The maximum Gasteiger partial charge on any atom is 0.406 e. The molecule has 0 saturated carbocycles. The Morgan fingerprint density at radius 2 is 2.11 bits per heavy atom. The van der Waals surface area contributed by atoms with Crippen molar-refractivity contribution in [3.63, 3.8) is 0 Å². The smallest absolute Gasteiger partial charge is 0.344 e. The predicted octanol–water partition coefficient (Wildman–Crippen LogP) is 0.249. The molecule has 1 rings (SSSR count). The molecule has 2 amide bonds. The van der Waals surface area contributed by atoms with Crippen molar-refractivity contribution in [3.05, 3.63) is 0 Å². The van der Waals surface area contributed by atoms with Crippen LogP contribution in [-0.4, -0.2) is 48.1 Å². The van der Waals surface area contributed by atoms with Gasteiger partial charge in [-0.05, 0) is 13.3 Å². The lowest BCUT2D eigenvalue weighted by molar-refractivity contribution is -0.158. The Bertz CT molecular complexity index is 358. The summed E-state index contributed by atoms with van der Waals surface area (Å²) < 4.78 is 36.6. The summed E-state index contributed by atoms with van der Waals surface area (Å²) in [6.07, 6.45) is -4.24. The van der Waals surface area contributed by atoms with Crippen LogP contribution in [-0.2, 0) is 9.59 Å². The minimum Gasteiger partial charge on any atom is -0.344 e. The fourth-order valence-electron chi connectivity index (χ4n) is 1.79. The Hall–Kier alpha value is -1.31. The van der Waals surface area contributed by atoms with Gasteiger partial charge in [0.05, 0.1) is 0 Å². The first kappa shape index (κ1) is 15.7. The van der Waals surface area contributed by atoms with Crippen molar-refractivity contribution in [3.8, 4) is 0 Å². The van der Waals surface area contributed by atoms with Gasteiger partial charge in [-0.1, -0.05) is 6.92 Å². The quantitative estimate of drug-likeness (QED) is 0.775. The van der Waals surface area contributed by atoms with E-state index in [-0.39, 0.29) is 19.0 Å². The lowest BCUT2D eigenvalue weighted by atomic mass is 10.0. The van der Waals surface area contributed by atoms with Gasteiger partial charge < -0.3 is 16.0 Å². The molecule has 19 heavy (non-hydrogen) atoms. The Morgan fingerprint density at radius 1 is 1.53 bits per heavy atom. The van der Waals surface area contributed by atoms with Crippen molar-refractivity contribution in [1.82, 2.24) is 10.2 Å². The van der Waals surface area contributed by atoms with Crippen LogP contribution in [0.25, 0.3) is 0 Å². The molecule has 0 aromatic heterocycles. The molecule has 1 aliphatic rings. The summed E-state index contributed by atoms with van der Waals surface area (Å²) in [5.41, 5.74) is 5.55. The SMILES string of the molecule is CC(N)C(C)C(=O)NC1CCN(CC(F)(F)F)C1=O. The first-order chi connectivity index (χ1) is 8.61. The zero-order valence-corrected chi connectivity index (χ0v) is 10.8. The Morgan fingerprint density at radius 3 is 2.58 bits per heavy atom. The van der Waals surface area contributed by atoms with E-state index >= 15 is 0 Å². The van der Waals surface area contributed by atoms with Gasteiger partial charge in [0, 0.05) is 18.5 Å². The fourth-order valence-corrected chi connectivity index (χ4v) is 1.79. The predicted molar refractivity (Wildman–Crippen MR) is 62.0 cm³/mol. The normalized spacial score (nSPS) is 23.4. The lowest BCUT2D eigenvalue weighted by Gasteiger charge is -2.20. The number of alkyl halides is 3. The number of carbonyl (C=O) groups is 2. The van der Waals surface area contributed by atoms with E-state index in [4.69, 9.17) is 5.73 Å². The van der Waals surface area contributed by atoms with E-state index in [1.54, 1.807) is 13.8 Å². The maximum absolute atomic E-state index is 12.2. The van der Waals surface area contributed by atoms with Crippen molar-refractivity contribution < 1.29 is 22.8 Å². The average Bonchev–Trinajstić information content (AvgIpc) is 2.58. The van der Waals surface area contributed by atoms with Crippen LogP contribution in [0, 0.1) is 5.92 Å². The van der Waals surface area contributed by atoms with Crippen molar-refractivity contribution in [2.45, 2.75) is 38.5 Å². The van der Waals surface area contributed by atoms with Gasteiger partial charge in [-0.3, -0.25) is 9.59 Å². The highest BCUT2D eigenvalue weighted by Gasteiger charge is 2.40. The molecule has 5 nitrogen and oxygen atoms in total. The van der Waals surface area contributed by atoms with E-state index in [1.165, 1.54) is 0 Å². The van der Waals surface area contributed by atoms with E-state index in [0.717, 1.165) is 0 Å². The van der Waals surface area contributed by atoms with Gasteiger partial charge in [-0.25, -0.2) is 0 Å². The molecule has 3 atom stereocenters. The highest BCUT2D eigenvalue weighted by atomic mass is 19.4. The average molecular weight is 281 g/mol. The summed E-state index contributed by atoms with van der Waals surface area (Å²) in [5.74, 6) is -1.60. The van der Waals surface area contributed by atoms with E-state index in [2.05, 4.69) is 5.32 Å². The molecule has 3 N–H and O–H groups in total. The number of likely N-dealkylation sites (tertiary alicyclic amines) is 1. The van der Waals surface area contributed by atoms with Crippen LogP contribution in [0.15, 0.2) is 0 Å².